The molecule has 0 saturated heterocycles. The van der Waals surface area contributed by atoms with Gasteiger partial charge in [-0.25, -0.2) is 0 Å². The van der Waals surface area contributed by atoms with Crippen LogP contribution in [-0.2, 0) is 0 Å². The van der Waals surface area contributed by atoms with Crippen LogP contribution < -0.4 is 11.1 Å². The topological polar surface area (TPSA) is 38.0 Å². The minimum Gasteiger partial charge on any atom is -0.330 e. The van der Waals surface area contributed by atoms with Crippen molar-refractivity contribution in [3.05, 3.63) is 11.6 Å². The van der Waals surface area contributed by atoms with Gasteiger partial charge in [0.25, 0.3) is 0 Å². The molecule has 2 heteroatoms. The molecule has 0 heterocycles. The first-order chi connectivity index (χ1) is 5.31. The van der Waals surface area contributed by atoms with Crippen LogP contribution in [0.4, 0.5) is 0 Å². The molecule has 0 aromatic rings. The van der Waals surface area contributed by atoms with Crippen LogP contribution in [0.15, 0.2) is 11.6 Å². The second kappa shape index (κ2) is 7.76. The maximum atomic E-state index is 5.35. The second-order valence-electron chi connectivity index (χ2n) is 2.78. The molecule has 0 spiro atoms. The summed E-state index contributed by atoms with van der Waals surface area (Å²) in [6, 6.07) is 0. The van der Waals surface area contributed by atoms with Crippen LogP contribution in [0.5, 0.6) is 0 Å². The van der Waals surface area contributed by atoms with Crippen molar-refractivity contribution in [2.75, 3.05) is 19.6 Å². The fraction of sp³-hybridized carbons (Fsp3) is 0.778. The summed E-state index contributed by atoms with van der Waals surface area (Å²) in [5.74, 6) is 0. The predicted molar refractivity (Wildman–Crippen MR) is 50.6 cm³/mol. The van der Waals surface area contributed by atoms with E-state index in [2.05, 4.69) is 25.2 Å². The first-order valence-electron chi connectivity index (χ1n) is 4.33. The van der Waals surface area contributed by atoms with Crippen LogP contribution in [0.3, 0.4) is 0 Å². The smallest absolute Gasteiger partial charge is 0.00117 e. The minimum atomic E-state index is 0.787. The Morgan fingerprint density at radius 2 is 2.18 bits per heavy atom. The lowest BCUT2D eigenvalue weighted by Gasteiger charge is -2.02. The van der Waals surface area contributed by atoms with Crippen molar-refractivity contribution < 1.29 is 0 Å². The highest BCUT2D eigenvalue weighted by molar-refractivity contribution is 4.95. The second-order valence-corrected chi connectivity index (χ2v) is 2.78. The van der Waals surface area contributed by atoms with Crippen molar-refractivity contribution in [3.8, 4) is 0 Å². The fourth-order valence-corrected chi connectivity index (χ4v) is 0.782. The van der Waals surface area contributed by atoms with E-state index in [0.717, 1.165) is 32.5 Å². The Balaban J connectivity index is 3.02. The average Bonchev–Trinajstić information content (AvgIpc) is 2.04. The number of nitrogens with one attached hydrogen (secondary N) is 1. The van der Waals surface area contributed by atoms with Gasteiger partial charge in [-0.15, -0.1) is 0 Å². The molecule has 2 nitrogen and oxygen atoms in total. The third-order valence-electron chi connectivity index (χ3n) is 1.75. The molecule has 0 aliphatic heterocycles. The van der Waals surface area contributed by atoms with E-state index in [9.17, 15) is 0 Å². The van der Waals surface area contributed by atoms with E-state index in [0.29, 0.717) is 0 Å². The largest absolute Gasteiger partial charge is 0.330 e. The first kappa shape index (κ1) is 10.7. The standard InChI is InChI=1S/C9H20N2/c1-3-9(2)5-8-11-7-4-6-10/h3,11H,4-8,10H2,1-2H3/b9-3-. The third kappa shape index (κ3) is 7.56. The molecule has 0 aliphatic carbocycles. The number of hydrogen-bond donors (Lipinski definition) is 2. The van der Waals surface area contributed by atoms with Gasteiger partial charge in [0.2, 0.25) is 0 Å². The van der Waals surface area contributed by atoms with Crippen LogP contribution in [0.2, 0.25) is 0 Å². The Morgan fingerprint density at radius 1 is 1.45 bits per heavy atom. The average molecular weight is 156 g/mol. The van der Waals surface area contributed by atoms with Gasteiger partial charge in [-0.3, -0.25) is 0 Å². The van der Waals surface area contributed by atoms with E-state index in [4.69, 9.17) is 5.73 Å². The summed E-state index contributed by atoms with van der Waals surface area (Å²) < 4.78 is 0. The zero-order valence-corrected chi connectivity index (χ0v) is 7.69. The molecule has 0 aliphatic rings. The van der Waals surface area contributed by atoms with E-state index in [1.54, 1.807) is 0 Å². The summed E-state index contributed by atoms with van der Waals surface area (Å²) in [5, 5.41) is 3.33. The highest BCUT2D eigenvalue weighted by Gasteiger charge is 1.87. The number of allylic oxidation sites excluding steroid dienone is 1. The highest BCUT2D eigenvalue weighted by Crippen LogP contribution is 1.95. The lowest BCUT2D eigenvalue weighted by atomic mass is 10.2. The van der Waals surface area contributed by atoms with Crippen LogP contribution >= 0.6 is 0 Å². The van der Waals surface area contributed by atoms with Crippen LogP contribution in [0.25, 0.3) is 0 Å². The number of nitrogens with two attached hydrogens (primary N) is 1. The molecule has 0 radical (unpaired) electrons. The van der Waals surface area contributed by atoms with Gasteiger partial charge in [0.15, 0.2) is 0 Å². The molecule has 0 bridgehead atoms. The van der Waals surface area contributed by atoms with Gasteiger partial charge < -0.3 is 11.1 Å². The van der Waals surface area contributed by atoms with Gasteiger partial charge >= 0.3 is 0 Å². The Hall–Kier alpha value is -0.340. The summed E-state index contributed by atoms with van der Waals surface area (Å²) in [6.45, 7) is 7.15. The fourth-order valence-electron chi connectivity index (χ4n) is 0.782. The summed E-state index contributed by atoms with van der Waals surface area (Å²) in [4.78, 5) is 0. The highest BCUT2D eigenvalue weighted by atomic mass is 14.8. The van der Waals surface area contributed by atoms with Gasteiger partial charge in [0.1, 0.15) is 0 Å². The summed E-state index contributed by atoms with van der Waals surface area (Å²) >= 11 is 0. The number of rotatable bonds is 6. The third-order valence-corrected chi connectivity index (χ3v) is 1.75. The maximum Gasteiger partial charge on any atom is -0.00117 e. The quantitative estimate of drug-likeness (QED) is 0.449. The van der Waals surface area contributed by atoms with Crippen molar-refractivity contribution >= 4 is 0 Å². The Labute approximate surface area is 69.9 Å². The molecule has 0 aromatic heterocycles. The summed E-state index contributed by atoms with van der Waals surface area (Å²) in [6.07, 6.45) is 4.39. The van der Waals surface area contributed by atoms with E-state index in [-0.39, 0.29) is 0 Å². The molecular formula is C9H20N2. The molecule has 0 amide bonds. The zero-order valence-electron chi connectivity index (χ0n) is 7.69. The normalized spacial score (nSPS) is 12.1. The van der Waals surface area contributed by atoms with E-state index < -0.39 is 0 Å². The Bertz CT molecular complexity index is 108. The minimum absolute atomic E-state index is 0.787. The molecule has 0 fully saturated rings. The SMILES string of the molecule is C/C=C(/C)CCNCCCN. The van der Waals surface area contributed by atoms with Crippen molar-refractivity contribution in [2.45, 2.75) is 26.7 Å². The molecule has 11 heavy (non-hydrogen) atoms. The molecule has 0 rings (SSSR count). The van der Waals surface area contributed by atoms with Gasteiger partial charge in [-0.1, -0.05) is 11.6 Å². The first-order valence-corrected chi connectivity index (χ1v) is 4.33. The lowest BCUT2D eigenvalue weighted by Crippen LogP contribution is -2.19. The number of hydrogen-bond acceptors (Lipinski definition) is 2. The lowest BCUT2D eigenvalue weighted by molar-refractivity contribution is 0.651. The molecular weight excluding hydrogens is 136 g/mol. The van der Waals surface area contributed by atoms with E-state index in [1.807, 2.05) is 0 Å². The molecule has 0 atom stereocenters. The maximum absolute atomic E-state index is 5.35. The predicted octanol–water partition coefficient (Wildman–Crippen LogP) is 1.28. The Morgan fingerprint density at radius 3 is 2.73 bits per heavy atom. The molecule has 66 valence electrons. The zero-order chi connectivity index (χ0) is 8.53. The molecule has 0 unspecified atom stereocenters. The van der Waals surface area contributed by atoms with Crippen molar-refractivity contribution in [3.63, 3.8) is 0 Å². The van der Waals surface area contributed by atoms with Gasteiger partial charge in [0.05, 0.1) is 0 Å². The van der Waals surface area contributed by atoms with Crippen molar-refractivity contribution in [1.82, 2.24) is 5.32 Å². The van der Waals surface area contributed by atoms with Crippen molar-refractivity contribution in [1.29, 1.82) is 0 Å². The van der Waals surface area contributed by atoms with E-state index >= 15 is 0 Å². The molecule has 0 saturated carbocycles. The van der Waals surface area contributed by atoms with E-state index in [1.165, 1.54) is 5.57 Å². The summed E-state index contributed by atoms with van der Waals surface area (Å²) in [5.41, 5.74) is 6.79. The monoisotopic (exact) mass is 156 g/mol. The van der Waals surface area contributed by atoms with Crippen LogP contribution in [0.1, 0.15) is 26.7 Å². The van der Waals surface area contributed by atoms with Crippen molar-refractivity contribution in [2.24, 2.45) is 5.73 Å². The van der Waals surface area contributed by atoms with Gasteiger partial charge in [-0.05, 0) is 46.3 Å². The van der Waals surface area contributed by atoms with Gasteiger partial charge in [-0.2, -0.15) is 0 Å². The molecule has 0 aromatic carbocycles. The van der Waals surface area contributed by atoms with Crippen LogP contribution in [-0.4, -0.2) is 19.6 Å². The Kier molecular flexibility index (Phi) is 7.52. The summed E-state index contributed by atoms with van der Waals surface area (Å²) in [7, 11) is 0. The molecule has 3 N–H and O–H groups in total. The van der Waals surface area contributed by atoms with Crippen LogP contribution in [0, 0.1) is 0 Å². The van der Waals surface area contributed by atoms with Gasteiger partial charge in [0, 0.05) is 0 Å².